The Kier molecular flexibility index (Phi) is 5.54. The summed E-state index contributed by atoms with van der Waals surface area (Å²) in [6.07, 6.45) is 0.243. The molecule has 28 heavy (non-hydrogen) atoms. The zero-order valence-corrected chi connectivity index (χ0v) is 17.0. The fourth-order valence-electron chi connectivity index (χ4n) is 3.00. The highest BCUT2D eigenvalue weighted by atomic mass is 32.2. The minimum absolute atomic E-state index is 0.153. The van der Waals surface area contributed by atoms with Gasteiger partial charge >= 0.3 is 0 Å². The summed E-state index contributed by atoms with van der Waals surface area (Å²) in [6.45, 7) is 5.35. The third-order valence-corrected chi connectivity index (χ3v) is 5.89. The lowest BCUT2D eigenvalue weighted by Gasteiger charge is -2.20. The normalized spacial score (nSPS) is 12.1. The molecule has 3 aromatic rings. The van der Waals surface area contributed by atoms with Gasteiger partial charge in [-0.15, -0.1) is 0 Å². The molecule has 0 radical (unpaired) electrons. The molecule has 3 rings (SSSR count). The van der Waals surface area contributed by atoms with Gasteiger partial charge in [-0.1, -0.05) is 42.5 Å². The summed E-state index contributed by atoms with van der Waals surface area (Å²) >= 11 is 0. The molecule has 6 heteroatoms. The van der Waals surface area contributed by atoms with Crippen molar-refractivity contribution in [2.45, 2.75) is 37.6 Å². The highest BCUT2D eigenvalue weighted by Crippen LogP contribution is 2.20. The average molecular weight is 397 g/mol. The second-order valence-corrected chi connectivity index (χ2v) is 9.43. The number of amides is 1. The first-order chi connectivity index (χ1) is 13.1. The summed E-state index contributed by atoms with van der Waals surface area (Å²) in [5.41, 5.74) is 0.939. The fourth-order valence-corrected chi connectivity index (χ4v) is 4.42. The maximum atomic E-state index is 12.5. The Balaban J connectivity index is 1.71. The van der Waals surface area contributed by atoms with Crippen LogP contribution in [0.15, 0.2) is 71.6 Å². The first-order valence-electron chi connectivity index (χ1n) is 9.05. The number of hydrogen-bond donors (Lipinski definition) is 2. The van der Waals surface area contributed by atoms with Crippen molar-refractivity contribution >= 4 is 32.4 Å². The predicted molar refractivity (Wildman–Crippen MR) is 113 cm³/mol. The van der Waals surface area contributed by atoms with Gasteiger partial charge in [-0.05, 0) is 61.4 Å². The smallest absolute Gasteiger partial charge is 0.241 e. The van der Waals surface area contributed by atoms with E-state index in [0.717, 1.165) is 16.3 Å². The van der Waals surface area contributed by atoms with E-state index in [1.807, 2.05) is 42.5 Å². The van der Waals surface area contributed by atoms with E-state index >= 15 is 0 Å². The van der Waals surface area contributed by atoms with Crippen molar-refractivity contribution < 1.29 is 13.2 Å². The lowest BCUT2D eigenvalue weighted by Crippen LogP contribution is -2.40. The van der Waals surface area contributed by atoms with Crippen LogP contribution in [-0.2, 0) is 21.2 Å². The van der Waals surface area contributed by atoms with Crippen LogP contribution in [0.25, 0.3) is 10.8 Å². The van der Waals surface area contributed by atoms with Gasteiger partial charge in [0.25, 0.3) is 0 Å². The molecule has 2 N–H and O–H groups in total. The van der Waals surface area contributed by atoms with Crippen molar-refractivity contribution in [3.63, 3.8) is 0 Å². The van der Waals surface area contributed by atoms with E-state index in [1.54, 1.807) is 32.9 Å². The van der Waals surface area contributed by atoms with Crippen molar-refractivity contribution in [3.05, 3.63) is 72.3 Å². The largest absolute Gasteiger partial charge is 0.326 e. The van der Waals surface area contributed by atoms with E-state index in [9.17, 15) is 13.2 Å². The highest BCUT2D eigenvalue weighted by Gasteiger charge is 2.21. The molecule has 0 unspecified atom stereocenters. The number of rotatable bonds is 5. The molecule has 0 aliphatic rings. The van der Waals surface area contributed by atoms with E-state index in [2.05, 4.69) is 10.0 Å². The molecule has 0 fully saturated rings. The van der Waals surface area contributed by atoms with Gasteiger partial charge in [0.15, 0.2) is 0 Å². The molecule has 0 saturated carbocycles. The Bertz CT molecular complexity index is 1090. The molecule has 0 spiro atoms. The summed E-state index contributed by atoms with van der Waals surface area (Å²) in [5.74, 6) is -0.153. The Hall–Kier alpha value is -2.70. The second-order valence-electron chi connectivity index (χ2n) is 7.74. The molecule has 0 bridgehead atoms. The number of anilines is 1. The lowest BCUT2D eigenvalue weighted by atomic mass is 10.0. The van der Waals surface area contributed by atoms with Crippen LogP contribution in [0.1, 0.15) is 26.3 Å². The van der Waals surface area contributed by atoms with E-state index < -0.39 is 15.6 Å². The van der Waals surface area contributed by atoms with Crippen LogP contribution in [0.4, 0.5) is 5.69 Å². The molecule has 146 valence electrons. The van der Waals surface area contributed by atoms with Crippen molar-refractivity contribution in [3.8, 4) is 0 Å². The van der Waals surface area contributed by atoms with Crippen LogP contribution in [0, 0.1) is 0 Å². The zero-order valence-electron chi connectivity index (χ0n) is 16.2. The molecular weight excluding hydrogens is 372 g/mol. The standard InChI is InChI=1S/C22H24N2O3S/c1-22(2,3)24-28(26,27)19-13-11-18(12-14-19)23-21(25)15-17-9-6-8-16-7-4-5-10-20(16)17/h4-14,24H,15H2,1-3H3,(H,23,25). The number of nitrogens with one attached hydrogen (secondary N) is 2. The topological polar surface area (TPSA) is 75.3 Å². The summed E-state index contributed by atoms with van der Waals surface area (Å²) in [6, 6.07) is 20.0. The van der Waals surface area contributed by atoms with E-state index in [0.29, 0.717) is 5.69 Å². The van der Waals surface area contributed by atoms with Gasteiger partial charge in [0.1, 0.15) is 0 Å². The van der Waals surface area contributed by atoms with Crippen LogP contribution in [-0.4, -0.2) is 19.9 Å². The number of sulfonamides is 1. The van der Waals surface area contributed by atoms with E-state index in [1.165, 1.54) is 12.1 Å². The summed E-state index contributed by atoms with van der Waals surface area (Å²) in [4.78, 5) is 12.6. The molecular formula is C22H24N2O3S. The number of fused-ring (bicyclic) bond motifs is 1. The number of carbonyl (C=O) groups is 1. The molecule has 0 atom stereocenters. The van der Waals surface area contributed by atoms with Crippen molar-refractivity contribution in [2.75, 3.05) is 5.32 Å². The molecule has 0 aromatic heterocycles. The first kappa shape index (κ1) is 20.0. The molecule has 0 aliphatic heterocycles. The number of hydrogen-bond acceptors (Lipinski definition) is 3. The third-order valence-electron chi connectivity index (χ3n) is 4.12. The van der Waals surface area contributed by atoms with Gasteiger partial charge in [0.2, 0.25) is 15.9 Å². The third kappa shape index (κ3) is 4.97. The van der Waals surface area contributed by atoms with Crippen LogP contribution in [0.2, 0.25) is 0 Å². The SMILES string of the molecule is CC(C)(C)NS(=O)(=O)c1ccc(NC(=O)Cc2cccc3ccccc23)cc1. The quantitative estimate of drug-likeness (QED) is 0.682. The fraction of sp³-hybridized carbons (Fsp3) is 0.227. The van der Waals surface area contributed by atoms with Gasteiger partial charge in [0.05, 0.1) is 11.3 Å². The van der Waals surface area contributed by atoms with Gasteiger partial charge in [0, 0.05) is 11.2 Å². The van der Waals surface area contributed by atoms with Crippen molar-refractivity contribution in [1.29, 1.82) is 0 Å². The summed E-state index contributed by atoms with van der Waals surface area (Å²) in [5, 5.41) is 4.97. The van der Waals surface area contributed by atoms with Crippen LogP contribution < -0.4 is 10.0 Å². The minimum atomic E-state index is -3.60. The molecule has 5 nitrogen and oxygen atoms in total. The Morgan fingerprint density at radius 3 is 2.21 bits per heavy atom. The summed E-state index contributed by atoms with van der Waals surface area (Å²) < 4.78 is 27.3. The highest BCUT2D eigenvalue weighted by molar-refractivity contribution is 7.89. The summed E-state index contributed by atoms with van der Waals surface area (Å²) in [7, 11) is -3.60. The zero-order chi connectivity index (χ0) is 20.4. The molecule has 0 saturated heterocycles. The van der Waals surface area contributed by atoms with Crippen LogP contribution >= 0.6 is 0 Å². The monoisotopic (exact) mass is 396 g/mol. The molecule has 1 amide bonds. The van der Waals surface area contributed by atoms with Gasteiger partial charge in [-0.2, -0.15) is 0 Å². The van der Waals surface area contributed by atoms with Crippen LogP contribution in [0.5, 0.6) is 0 Å². The van der Waals surface area contributed by atoms with Crippen LogP contribution in [0.3, 0.4) is 0 Å². The first-order valence-corrected chi connectivity index (χ1v) is 10.5. The average Bonchev–Trinajstić information content (AvgIpc) is 2.60. The van der Waals surface area contributed by atoms with Gasteiger partial charge < -0.3 is 5.32 Å². The number of carbonyl (C=O) groups excluding carboxylic acids is 1. The molecule has 0 heterocycles. The number of benzene rings is 3. The maximum Gasteiger partial charge on any atom is 0.241 e. The maximum absolute atomic E-state index is 12.5. The Morgan fingerprint density at radius 2 is 1.54 bits per heavy atom. The van der Waals surface area contributed by atoms with Crippen molar-refractivity contribution in [1.82, 2.24) is 4.72 Å². The van der Waals surface area contributed by atoms with Gasteiger partial charge in [-0.25, -0.2) is 13.1 Å². The molecule has 0 aliphatic carbocycles. The Labute approximate surface area is 165 Å². The Morgan fingerprint density at radius 1 is 0.893 bits per heavy atom. The minimum Gasteiger partial charge on any atom is -0.326 e. The lowest BCUT2D eigenvalue weighted by molar-refractivity contribution is -0.115. The van der Waals surface area contributed by atoms with E-state index in [4.69, 9.17) is 0 Å². The van der Waals surface area contributed by atoms with Crippen molar-refractivity contribution in [2.24, 2.45) is 0 Å². The van der Waals surface area contributed by atoms with Gasteiger partial charge in [-0.3, -0.25) is 4.79 Å². The predicted octanol–water partition coefficient (Wildman–Crippen LogP) is 4.10. The molecule has 3 aromatic carbocycles. The second kappa shape index (κ2) is 7.73. The van der Waals surface area contributed by atoms with E-state index in [-0.39, 0.29) is 17.2 Å².